The molecule has 0 aliphatic carbocycles. The van der Waals surface area contributed by atoms with Crippen LogP contribution in [0.4, 0.5) is 0 Å². The summed E-state index contributed by atoms with van der Waals surface area (Å²) in [7, 11) is 0. The molecule has 6 nitrogen and oxygen atoms in total. The molecule has 0 saturated carbocycles. The van der Waals surface area contributed by atoms with Gasteiger partial charge in [-0.05, 0) is 18.2 Å². The molecule has 1 fully saturated rings. The number of halogens is 3. The molecule has 134 valence electrons. The summed E-state index contributed by atoms with van der Waals surface area (Å²) in [5.74, 6) is 0. The first-order chi connectivity index (χ1) is 12.6. The first kappa shape index (κ1) is 17.7. The third-order valence-corrected chi connectivity index (χ3v) is 5.14. The average Bonchev–Trinajstić information content (AvgIpc) is 2.64. The predicted octanol–water partition coefficient (Wildman–Crippen LogP) is 3.38. The molecule has 1 aliphatic rings. The van der Waals surface area contributed by atoms with E-state index in [1.807, 2.05) is 0 Å². The number of nitrogens with zero attached hydrogens (tertiary/aromatic N) is 3. The highest BCUT2D eigenvalue weighted by molar-refractivity contribution is 6.39. The first-order valence-corrected chi connectivity index (χ1v) is 9.04. The molecule has 0 spiro atoms. The molecular formula is C17H13Cl3N4O2. The number of rotatable bonds is 2. The molecule has 1 atom stereocenters. The van der Waals surface area contributed by atoms with Crippen molar-refractivity contribution in [2.75, 3.05) is 19.7 Å². The molecule has 1 N–H and O–H groups in total. The van der Waals surface area contributed by atoms with Crippen LogP contribution in [-0.2, 0) is 4.74 Å². The highest BCUT2D eigenvalue weighted by Gasteiger charge is 2.23. The van der Waals surface area contributed by atoms with Gasteiger partial charge in [0.2, 0.25) is 0 Å². The Morgan fingerprint density at radius 2 is 1.96 bits per heavy atom. The Morgan fingerprint density at radius 1 is 1.19 bits per heavy atom. The number of ether oxygens (including phenoxy) is 1. The van der Waals surface area contributed by atoms with Gasteiger partial charge >= 0.3 is 0 Å². The Morgan fingerprint density at radius 3 is 2.65 bits per heavy atom. The third-order valence-electron chi connectivity index (χ3n) is 4.21. The van der Waals surface area contributed by atoms with Crippen molar-refractivity contribution in [3.8, 4) is 11.1 Å². The van der Waals surface area contributed by atoms with E-state index in [4.69, 9.17) is 39.5 Å². The number of hydrogen-bond acceptors (Lipinski definition) is 5. The number of hydrogen-bond donors (Lipinski definition) is 1. The molecule has 1 unspecified atom stereocenters. The van der Waals surface area contributed by atoms with Crippen LogP contribution in [0, 0.1) is 0 Å². The zero-order chi connectivity index (χ0) is 18.3. The average molecular weight is 412 g/mol. The molecule has 1 saturated heterocycles. The number of aromatic nitrogens is 3. The van der Waals surface area contributed by atoms with E-state index in [9.17, 15) is 4.79 Å². The van der Waals surface area contributed by atoms with Crippen LogP contribution < -0.4 is 10.9 Å². The summed E-state index contributed by atoms with van der Waals surface area (Å²) >= 11 is 19.0. The molecule has 0 amide bonds. The second-order valence-electron chi connectivity index (χ2n) is 5.81. The maximum atomic E-state index is 12.6. The molecule has 2 aromatic heterocycles. The molecule has 4 rings (SSSR count). The van der Waals surface area contributed by atoms with Crippen LogP contribution >= 0.6 is 34.8 Å². The number of benzene rings is 1. The van der Waals surface area contributed by atoms with Gasteiger partial charge in [0, 0.05) is 24.2 Å². The molecule has 1 aromatic carbocycles. The van der Waals surface area contributed by atoms with Gasteiger partial charge in [-0.3, -0.25) is 4.79 Å². The molecule has 1 aliphatic heterocycles. The van der Waals surface area contributed by atoms with E-state index in [2.05, 4.69) is 15.4 Å². The fourth-order valence-electron chi connectivity index (χ4n) is 3.00. The minimum atomic E-state index is -0.447. The zero-order valence-corrected chi connectivity index (χ0v) is 15.6. The number of morpholine rings is 1. The molecule has 3 heterocycles. The van der Waals surface area contributed by atoms with Gasteiger partial charge in [-0.2, -0.15) is 10.1 Å². The SMILES string of the molecule is O=c1ncn2nc(Cl)c(C3CNCCO3)cc2c1-c1c(Cl)cccc1Cl. The van der Waals surface area contributed by atoms with Gasteiger partial charge in [0.05, 0.1) is 33.8 Å². The van der Waals surface area contributed by atoms with Crippen LogP contribution in [0.5, 0.6) is 0 Å². The Labute approximate surface area is 163 Å². The van der Waals surface area contributed by atoms with Crippen molar-refractivity contribution < 1.29 is 4.74 Å². The van der Waals surface area contributed by atoms with Crippen LogP contribution in [0.15, 0.2) is 35.4 Å². The van der Waals surface area contributed by atoms with Gasteiger partial charge in [0.25, 0.3) is 5.56 Å². The molecule has 9 heteroatoms. The van der Waals surface area contributed by atoms with E-state index in [1.165, 1.54) is 10.8 Å². The summed E-state index contributed by atoms with van der Waals surface area (Å²) in [4.78, 5) is 16.4. The van der Waals surface area contributed by atoms with Crippen molar-refractivity contribution in [3.05, 3.63) is 61.7 Å². The molecule has 0 bridgehead atoms. The molecular weight excluding hydrogens is 399 g/mol. The zero-order valence-electron chi connectivity index (χ0n) is 13.4. The summed E-state index contributed by atoms with van der Waals surface area (Å²) < 4.78 is 7.22. The predicted molar refractivity (Wildman–Crippen MR) is 101 cm³/mol. The lowest BCUT2D eigenvalue weighted by atomic mass is 10.0. The standard InChI is InChI=1S/C17H13Cl3N4O2/c18-10-2-1-3-11(19)14(10)15-12-6-9(13-7-21-4-5-26-13)16(20)23-24(12)8-22-17(15)25/h1-3,6,8,13,21H,4-5,7H2. The van der Waals surface area contributed by atoms with Crippen molar-refractivity contribution in [2.45, 2.75) is 6.10 Å². The van der Waals surface area contributed by atoms with Crippen molar-refractivity contribution in [1.82, 2.24) is 19.9 Å². The quantitative estimate of drug-likeness (QED) is 0.700. The minimum Gasteiger partial charge on any atom is -0.371 e. The number of fused-ring (bicyclic) bond motifs is 1. The van der Waals surface area contributed by atoms with E-state index < -0.39 is 5.56 Å². The Bertz CT molecular complexity index is 1030. The van der Waals surface area contributed by atoms with Crippen molar-refractivity contribution >= 4 is 40.3 Å². The van der Waals surface area contributed by atoms with E-state index in [1.54, 1.807) is 24.3 Å². The lowest BCUT2D eigenvalue weighted by Crippen LogP contribution is -2.33. The van der Waals surface area contributed by atoms with E-state index in [0.717, 1.165) is 6.54 Å². The smallest absolute Gasteiger partial charge is 0.281 e. The van der Waals surface area contributed by atoms with Crippen LogP contribution in [0.2, 0.25) is 15.2 Å². The highest BCUT2D eigenvalue weighted by Crippen LogP contribution is 2.36. The lowest BCUT2D eigenvalue weighted by Gasteiger charge is -2.24. The summed E-state index contributed by atoms with van der Waals surface area (Å²) in [6.07, 6.45) is 1.06. The Hall–Kier alpha value is -1.70. The van der Waals surface area contributed by atoms with Crippen molar-refractivity contribution in [1.29, 1.82) is 0 Å². The minimum absolute atomic E-state index is 0.258. The maximum absolute atomic E-state index is 12.6. The van der Waals surface area contributed by atoms with Gasteiger partial charge in [0.15, 0.2) is 5.15 Å². The Balaban J connectivity index is 2.01. The first-order valence-electron chi connectivity index (χ1n) is 7.91. The van der Waals surface area contributed by atoms with Gasteiger partial charge in [0.1, 0.15) is 6.33 Å². The fraction of sp³-hybridized carbons (Fsp3) is 0.235. The summed E-state index contributed by atoms with van der Waals surface area (Å²) in [6, 6.07) is 6.84. The van der Waals surface area contributed by atoms with Crippen molar-refractivity contribution in [2.24, 2.45) is 0 Å². The highest BCUT2D eigenvalue weighted by atomic mass is 35.5. The topological polar surface area (TPSA) is 68.5 Å². The summed E-state index contributed by atoms with van der Waals surface area (Å²) in [6.45, 7) is 1.95. The van der Waals surface area contributed by atoms with Crippen LogP contribution in [0.25, 0.3) is 16.6 Å². The van der Waals surface area contributed by atoms with E-state index >= 15 is 0 Å². The molecule has 0 radical (unpaired) electrons. The number of nitrogens with one attached hydrogen (secondary N) is 1. The molecule has 3 aromatic rings. The largest absolute Gasteiger partial charge is 0.371 e. The van der Waals surface area contributed by atoms with Crippen LogP contribution in [0.1, 0.15) is 11.7 Å². The van der Waals surface area contributed by atoms with Gasteiger partial charge in [-0.15, -0.1) is 0 Å². The second-order valence-corrected chi connectivity index (χ2v) is 6.98. The van der Waals surface area contributed by atoms with Crippen LogP contribution in [0.3, 0.4) is 0 Å². The van der Waals surface area contributed by atoms with Gasteiger partial charge in [-0.1, -0.05) is 40.9 Å². The van der Waals surface area contributed by atoms with Gasteiger partial charge in [-0.25, -0.2) is 4.52 Å². The van der Waals surface area contributed by atoms with Crippen LogP contribution in [-0.4, -0.2) is 34.3 Å². The van der Waals surface area contributed by atoms with E-state index in [-0.39, 0.29) is 16.8 Å². The summed E-state index contributed by atoms with van der Waals surface area (Å²) in [5.41, 5.74) is 1.45. The lowest BCUT2D eigenvalue weighted by molar-refractivity contribution is 0.0275. The van der Waals surface area contributed by atoms with E-state index in [0.29, 0.717) is 39.8 Å². The summed E-state index contributed by atoms with van der Waals surface area (Å²) in [5, 5.41) is 8.58. The maximum Gasteiger partial charge on any atom is 0.281 e. The molecule has 26 heavy (non-hydrogen) atoms. The van der Waals surface area contributed by atoms with Crippen molar-refractivity contribution in [3.63, 3.8) is 0 Å². The third kappa shape index (κ3) is 3.08. The normalized spacial score (nSPS) is 17.6. The Kier molecular flexibility index (Phi) is 4.86. The fourth-order valence-corrected chi connectivity index (χ4v) is 3.84. The second kappa shape index (κ2) is 7.13. The monoisotopic (exact) mass is 410 g/mol. The van der Waals surface area contributed by atoms with Gasteiger partial charge < -0.3 is 10.1 Å².